The summed E-state index contributed by atoms with van der Waals surface area (Å²) in [4.78, 5) is 10.7. The van der Waals surface area contributed by atoms with Crippen LogP contribution in [0.5, 0.6) is 0 Å². The number of rotatable bonds is 5. The lowest BCUT2D eigenvalue weighted by molar-refractivity contribution is -0.0327. The van der Waals surface area contributed by atoms with E-state index in [1.54, 1.807) is 13.0 Å². The number of aromatic carboxylic acids is 1. The van der Waals surface area contributed by atoms with Crippen LogP contribution in [0.15, 0.2) is 18.2 Å². The van der Waals surface area contributed by atoms with Gasteiger partial charge in [0.25, 0.3) is 0 Å². The summed E-state index contributed by atoms with van der Waals surface area (Å²) in [5.74, 6) is -1.12. The Balaban J connectivity index is 2.51. The summed E-state index contributed by atoms with van der Waals surface area (Å²) in [6.07, 6.45) is 0. The van der Waals surface area contributed by atoms with Crippen LogP contribution >= 0.6 is 11.8 Å². The minimum atomic E-state index is -4.22. The molecule has 0 unspecified atom stereocenters. The molecule has 0 saturated carbocycles. The lowest BCUT2D eigenvalue weighted by atomic mass is 10.1. The Labute approximate surface area is 106 Å². The van der Waals surface area contributed by atoms with Crippen LogP contribution in [0.4, 0.5) is 18.9 Å². The molecule has 0 saturated heterocycles. The van der Waals surface area contributed by atoms with E-state index in [0.29, 0.717) is 11.3 Å². The average molecular weight is 279 g/mol. The smallest absolute Gasteiger partial charge is 0.441 e. The van der Waals surface area contributed by atoms with Gasteiger partial charge in [-0.3, -0.25) is 0 Å². The molecular weight excluding hydrogens is 267 g/mol. The molecule has 0 aromatic heterocycles. The number of aryl methyl sites for hydroxylation is 1. The molecule has 1 aromatic rings. The van der Waals surface area contributed by atoms with Gasteiger partial charge in [0.15, 0.2) is 0 Å². The molecule has 0 heterocycles. The summed E-state index contributed by atoms with van der Waals surface area (Å²) >= 11 is -0.0899. The van der Waals surface area contributed by atoms with Gasteiger partial charge in [-0.2, -0.15) is 13.2 Å². The summed E-state index contributed by atoms with van der Waals surface area (Å²) < 4.78 is 35.6. The summed E-state index contributed by atoms with van der Waals surface area (Å²) in [6.45, 7) is 1.86. The maximum absolute atomic E-state index is 11.9. The van der Waals surface area contributed by atoms with E-state index in [1.165, 1.54) is 12.1 Å². The van der Waals surface area contributed by atoms with Crippen LogP contribution in [0, 0.1) is 6.92 Å². The van der Waals surface area contributed by atoms with Crippen LogP contribution in [0.3, 0.4) is 0 Å². The normalized spacial score (nSPS) is 11.3. The van der Waals surface area contributed by atoms with Crippen molar-refractivity contribution in [2.75, 3.05) is 17.6 Å². The Kier molecular flexibility index (Phi) is 4.89. The zero-order valence-electron chi connectivity index (χ0n) is 9.54. The van der Waals surface area contributed by atoms with E-state index in [1.807, 2.05) is 0 Å². The van der Waals surface area contributed by atoms with Gasteiger partial charge in [0.2, 0.25) is 0 Å². The Hall–Kier alpha value is -1.37. The van der Waals surface area contributed by atoms with Crippen molar-refractivity contribution in [2.24, 2.45) is 0 Å². The predicted octanol–water partition coefficient (Wildman–Crippen LogP) is 3.36. The highest BCUT2D eigenvalue weighted by molar-refractivity contribution is 8.00. The molecule has 0 radical (unpaired) electrons. The van der Waals surface area contributed by atoms with Gasteiger partial charge in [0, 0.05) is 18.0 Å². The van der Waals surface area contributed by atoms with E-state index in [4.69, 9.17) is 5.11 Å². The number of anilines is 1. The number of carboxylic acid groups (broad SMARTS) is 1. The number of alkyl halides is 3. The van der Waals surface area contributed by atoms with Crippen molar-refractivity contribution < 1.29 is 23.1 Å². The van der Waals surface area contributed by atoms with Crippen molar-refractivity contribution in [3.63, 3.8) is 0 Å². The van der Waals surface area contributed by atoms with Gasteiger partial charge in [0.05, 0.1) is 5.56 Å². The molecule has 0 spiro atoms. The minimum absolute atomic E-state index is 0.0899. The second-order valence-corrected chi connectivity index (χ2v) is 4.72. The van der Waals surface area contributed by atoms with E-state index in [2.05, 4.69) is 5.32 Å². The van der Waals surface area contributed by atoms with Gasteiger partial charge in [-0.25, -0.2) is 4.79 Å². The fourth-order valence-electron chi connectivity index (χ4n) is 1.35. The largest absolute Gasteiger partial charge is 0.478 e. The summed E-state index contributed by atoms with van der Waals surface area (Å²) in [5.41, 5.74) is -2.73. The molecule has 7 heteroatoms. The first-order valence-electron chi connectivity index (χ1n) is 5.08. The summed E-state index contributed by atoms with van der Waals surface area (Å²) in [5, 5.41) is 11.6. The van der Waals surface area contributed by atoms with Gasteiger partial charge in [0.1, 0.15) is 0 Å². The third kappa shape index (κ3) is 4.87. The van der Waals surface area contributed by atoms with E-state index < -0.39 is 11.5 Å². The third-order valence-electron chi connectivity index (χ3n) is 2.16. The molecule has 3 nitrogen and oxygen atoms in total. The molecule has 0 fully saturated rings. The topological polar surface area (TPSA) is 49.3 Å². The van der Waals surface area contributed by atoms with Crippen LogP contribution in [0.2, 0.25) is 0 Å². The van der Waals surface area contributed by atoms with E-state index in [-0.39, 0.29) is 29.6 Å². The molecule has 1 aromatic carbocycles. The van der Waals surface area contributed by atoms with Crippen LogP contribution in [-0.2, 0) is 0 Å². The van der Waals surface area contributed by atoms with Crippen molar-refractivity contribution in [3.05, 3.63) is 29.3 Å². The molecule has 100 valence electrons. The number of hydrogen-bond acceptors (Lipinski definition) is 3. The highest BCUT2D eigenvalue weighted by Gasteiger charge is 2.27. The molecule has 0 aliphatic carbocycles. The maximum atomic E-state index is 11.9. The number of benzene rings is 1. The number of nitrogens with one attached hydrogen (secondary N) is 1. The van der Waals surface area contributed by atoms with Gasteiger partial charge >= 0.3 is 11.5 Å². The Morgan fingerprint density at radius 2 is 2.11 bits per heavy atom. The molecule has 0 bridgehead atoms. The zero-order valence-corrected chi connectivity index (χ0v) is 10.4. The SMILES string of the molecule is Cc1cc(C(=O)O)ccc1NCCSC(F)(F)F. The van der Waals surface area contributed by atoms with E-state index in [9.17, 15) is 18.0 Å². The quantitative estimate of drug-likeness (QED) is 0.811. The lowest BCUT2D eigenvalue weighted by Gasteiger charge is -2.10. The summed E-state index contributed by atoms with van der Waals surface area (Å²) in [6, 6.07) is 4.44. The Bertz CT molecular complexity index is 435. The van der Waals surface area contributed by atoms with Crippen molar-refractivity contribution in [1.82, 2.24) is 0 Å². The summed E-state index contributed by atoms with van der Waals surface area (Å²) in [7, 11) is 0. The fourth-order valence-corrected chi connectivity index (χ4v) is 1.78. The molecule has 1 rings (SSSR count). The van der Waals surface area contributed by atoms with Gasteiger partial charge in [-0.15, -0.1) is 0 Å². The minimum Gasteiger partial charge on any atom is -0.478 e. The Morgan fingerprint density at radius 1 is 1.44 bits per heavy atom. The predicted molar refractivity (Wildman–Crippen MR) is 65.1 cm³/mol. The second kappa shape index (κ2) is 5.99. The molecule has 0 amide bonds. The lowest BCUT2D eigenvalue weighted by Crippen LogP contribution is -2.10. The van der Waals surface area contributed by atoms with Crippen molar-refractivity contribution in [3.8, 4) is 0 Å². The van der Waals surface area contributed by atoms with Crippen LogP contribution in [0.1, 0.15) is 15.9 Å². The first kappa shape index (κ1) is 14.7. The van der Waals surface area contributed by atoms with Gasteiger partial charge in [-0.05, 0) is 42.4 Å². The van der Waals surface area contributed by atoms with Gasteiger partial charge in [-0.1, -0.05) is 0 Å². The average Bonchev–Trinajstić information content (AvgIpc) is 2.24. The Morgan fingerprint density at radius 3 is 2.61 bits per heavy atom. The number of carbonyl (C=O) groups is 1. The molecule has 0 aliphatic rings. The van der Waals surface area contributed by atoms with E-state index in [0.717, 1.165) is 0 Å². The third-order valence-corrected chi connectivity index (χ3v) is 2.89. The zero-order chi connectivity index (χ0) is 13.8. The first-order chi connectivity index (χ1) is 8.29. The van der Waals surface area contributed by atoms with Crippen molar-refractivity contribution >= 4 is 23.4 Å². The molecule has 0 atom stereocenters. The fraction of sp³-hybridized carbons (Fsp3) is 0.364. The number of hydrogen-bond donors (Lipinski definition) is 2. The number of carboxylic acids is 1. The van der Waals surface area contributed by atoms with Crippen LogP contribution < -0.4 is 5.32 Å². The van der Waals surface area contributed by atoms with Crippen LogP contribution in [0.25, 0.3) is 0 Å². The molecule has 18 heavy (non-hydrogen) atoms. The van der Waals surface area contributed by atoms with Crippen LogP contribution in [-0.4, -0.2) is 28.9 Å². The standard InChI is InChI=1S/C11H12F3NO2S/c1-7-6-8(10(16)17)2-3-9(7)15-4-5-18-11(12,13)14/h2-3,6,15H,4-5H2,1H3,(H,16,17). The number of thioether (sulfide) groups is 1. The number of halogens is 3. The van der Waals surface area contributed by atoms with Crippen molar-refractivity contribution in [1.29, 1.82) is 0 Å². The highest BCUT2D eigenvalue weighted by atomic mass is 32.2. The maximum Gasteiger partial charge on any atom is 0.441 e. The van der Waals surface area contributed by atoms with Gasteiger partial charge < -0.3 is 10.4 Å². The highest BCUT2D eigenvalue weighted by Crippen LogP contribution is 2.29. The molecule has 2 N–H and O–H groups in total. The second-order valence-electron chi connectivity index (χ2n) is 3.56. The monoisotopic (exact) mass is 279 g/mol. The van der Waals surface area contributed by atoms with Crippen molar-refractivity contribution in [2.45, 2.75) is 12.4 Å². The van der Waals surface area contributed by atoms with E-state index >= 15 is 0 Å². The molecule has 0 aliphatic heterocycles. The molecular formula is C11H12F3NO2S. The first-order valence-corrected chi connectivity index (χ1v) is 6.06.